The second kappa shape index (κ2) is 68.0. The van der Waals surface area contributed by atoms with Crippen LogP contribution in [0.5, 0.6) is 0 Å². The minimum atomic E-state index is -4.97. The number of unbranched alkanes of at least 4 members (excludes halogenated alkanes) is 37. The van der Waals surface area contributed by atoms with Gasteiger partial charge in [-0.3, -0.25) is 37.3 Å². The van der Waals surface area contributed by atoms with Gasteiger partial charge in [0.25, 0.3) is 0 Å². The molecule has 0 spiro atoms. The lowest BCUT2D eigenvalue weighted by Gasteiger charge is -2.21. The number of carbonyl (C=O) groups is 4. The van der Waals surface area contributed by atoms with Crippen LogP contribution in [0.3, 0.4) is 0 Å². The van der Waals surface area contributed by atoms with Crippen LogP contribution in [-0.4, -0.2) is 96.7 Å². The first-order valence-corrected chi connectivity index (χ1v) is 42.7. The van der Waals surface area contributed by atoms with Crippen LogP contribution in [0.15, 0.2) is 24.3 Å². The van der Waals surface area contributed by atoms with Crippen LogP contribution < -0.4 is 0 Å². The Hall–Kier alpha value is -2.46. The zero-order valence-electron chi connectivity index (χ0n) is 63.0. The number of allylic oxidation sites excluding steroid dienone is 4. The lowest BCUT2D eigenvalue weighted by Crippen LogP contribution is -2.30. The smallest absolute Gasteiger partial charge is 0.462 e. The van der Waals surface area contributed by atoms with Crippen molar-refractivity contribution < 1.29 is 80.2 Å². The molecule has 7 atom stereocenters. The van der Waals surface area contributed by atoms with Crippen LogP contribution in [0.2, 0.25) is 0 Å². The van der Waals surface area contributed by atoms with E-state index in [1.54, 1.807) is 0 Å². The van der Waals surface area contributed by atoms with Gasteiger partial charge in [-0.25, -0.2) is 9.13 Å². The molecule has 0 aliphatic carbocycles. The van der Waals surface area contributed by atoms with Gasteiger partial charge in [0.15, 0.2) is 12.2 Å². The molecule has 0 amide bonds. The van der Waals surface area contributed by atoms with Crippen molar-refractivity contribution in [3.63, 3.8) is 0 Å². The summed E-state index contributed by atoms with van der Waals surface area (Å²) >= 11 is 0. The molecule has 0 saturated carbocycles. The van der Waals surface area contributed by atoms with Crippen LogP contribution >= 0.6 is 15.6 Å². The van der Waals surface area contributed by atoms with Crippen molar-refractivity contribution in [2.45, 2.75) is 394 Å². The van der Waals surface area contributed by atoms with E-state index in [0.717, 1.165) is 127 Å². The van der Waals surface area contributed by atoms with Crippen LogP contribution in [0.4, 0.5) is 0 Å². The van der Waals surface area contributed by atoms with Gasteiger partial charge >= 0.3 is 39.5 Å². The van der Waals surface area contributed by atoms with Crippen molar-refractivity contribution in [1.29, 1.82) is 0 Å². The van der Waals surface area contributed by atoms with Crippen LogP contribution in [0.25, 0.3) is 0 Å². The Morgan fingerprint density at radius 2 is 0.608 bits per heavy atom. The number of esters is 4. The number of hydrogen-bond donors (Lipinski definition) is 3. The van der Waals surface area contributed by atoms with E-state index < -0.39 is 97.5 Å². The summed E-state index contributed by atoms with van der Waals surface area (Å²) in [6, 6.07) is 0. The van der Waals surface area contributed by atoms with Crippen molar-refractivity contribution in [2.75, 3.05) is 39.6 Å². The molecular formula is C78H148O17P2. The minimum Gasteiger partial charge on any atom is -0.462 e. The summed E-state index contributed by atoms with van der Waals surface area (Å²) in [6.07, 6.45) is 57.6. The Balaban J connectivity index is 5.29. The monoisotopic (exact) mass is 1420 g/mol. The third-order valence-corrected chi connectivity index (χ3v) is 20.1. The molecule has 0 fully saturated rings. The van der Waals surface area contributed by atoms with E-state index in [2.05, 4.69) is 72.8 Å². The maximum Gasteiger partial charge on any atom is 0.472 e. The highest BCUT2D eigenvalue weighted by Gasteiger charge is 2.30. The molecule has 17 nitrogen and oxygen atoms in total. The quantitative estimate of drug-likeness (QED) is 0.0169. The number of ether oxygens (including phenoxy) is 4. The van der Waals surface area contributed by atoms with Gasteiger partial charge in [0.1, 0.15) is 19.3 Å². The molecule has 0 radical (unpaired) electrons. The molecule has 3 N–H and O–H groups in total. The molecule has 0 bridgehead atoms. The summed E-state index contributed by atoms with van der Waals surface area (Å²) < 4.78 is 68.6. The second-order valence-corrected chi connectivity index (χ2v) is 31.3. The van der Waals surface area contributed by atoms with Crippen LogP contribution in [0.1, 0.15) is 376 Å². The molecule has 0 rings (SSSR count). The van der Waals surface area contributed by atoms with E-state index in [-0.39, 0.29) is 25.7 Å². The lowest BCUT2D eigenvalue weighted by atomic mass is 9.99. The summed E-state index contributed by atoms with van der Waals surface area (Å²) in [4.78, 5) is 72.9. The summed E-state index contributed by atoms with van der Waals surface area (Å²) in [7, 11) is -9.93. The first kappa shape index (κ1) is 94.5. The highest BCUT2D eigenvalue weighted by atomic mass is 31.2. The first-order valence-electron chi connectivity index (χ1n) is 39.7. The maximum absolute atomic E-state index is 13.1. The molecule has 572 valence electrons. The zero-order valence-corrected chi connectivity index (χ0v) is 64.8. The van der Waals surface area contributed by atoms with Gasteiger partial charge < -0.3 is 33.8 Å². The highest BCUT2D eigenvalue weighted by molar-refractivity contribution is 7.47. The Bertz CT molecular complexity index is 1990. The van der Waals surface area contributed by atoms with Crippen molar-refractivity contribution in [3.05, 3.63) is 24.3 Å². The maximum atomic E-state index is 13.1. The molecule has 4 unspecified atom stereocenters. The molecule has 0 aromatic heterocycles. The van der Waals surface area contributed by atoms with Gasteiger partial charge in [-0.15, -0.1) is 0 Å². The predicted octanol–water partition coefficient (Wildman–Crippen LogP) is 22.5. The number of hydrogen-bond acceptors (Lipinski definition) is 15. The fraction of sp³-hybridized carbons (Fsp3) is 0.897. The van der Waals surface area contributed by atoms with Crippen LogP contribution in [-0.2, 0) is 65.4 Å². The Morgan fingerprint density at radius 3 is 0.918 bits per heavy atom. The molecule has 0 aromatic rings. The van der Waals surface area contributed by atoms with Crippen molar-refractivity contribution in [2.24, 2.45) is 17.8 Å². The number of phosphoric acid groups is 2. The summed E-state index contributed by atoms with van der Waals surface area (Å²) in [5.41, 5.74) is 0. The number of aliphatic hydroxyl groups is 1. The van der Waals surface area contributed by atoms with Crippen molar-refractivity contribution >= 4 is 39.5 Å². The Labute approximate surface area is 592 Å². The average Bonchev–Trinajstić information content (AvgIpc) is 1.20. The largest absolute Gasteiger partial charge is 0.472 e. The van der Waals surface area contributed by atoms with E-state index in [4.69, 9.17) is 37.0 Å². The number of rotatable bonds is 74. The van der Waals surface area contributed by atoms with Crippen molar-refractivity contribution in [3.8, 4) is 0 Å². The normalized spacial score (nSPS) is 14.8. The molecule has 0 heterocycles. The van der Waals surface area contributed by atoms with Gasteiger partial charge in [-0.05, 0) is 69.1 Å². The fourth-order valence-corrected chi connectivity index (χ4v) is 12.9. The summed E-state index contributed by atoms with van der Waals surface area (Å²) in [5, 5.41) is 10.6. The lowest BCUT2D eigenvalue weighted by molar-refractivity contribution is -0.161. The SMILES string of the molecule is CCCCCC/C=C\C=C/CCCCCCCC(=O)O[C@H](COC(=O)CCCCCCCCC(C)CC)COP(=O)(O)OC[C@H](O)COP(=O)(O)OC[C@@H](COC(=O)CCCCCCCCCCCCCC(C)C)OC(=O)CCCCCCCCCCCCCCCCC(C)CC. The average molecular weight is 1420 g/mol. The van der Waals surface area contributed by atoms with Gasteiger partial charge in [0.2, 0.25) is 0 Å². The Morgan fingerprint density at radius 1 is 0.340 bits per heavy atom. The van der Waals surface area contributed by atoms with Crippen LogP contribution in [0, 0.1) is 17.8 Å². The van der Waals surface area contributed by atoms with Crippen molar-refractivity contribution in [1.82, 2.24) is 0 Å². The van der Waals surface area contributed by atoms with Gasteiger partial charge in [-0.1, -0.05) is 323 Å². The third kappa shape index (κ3) is 69.1. The van der Waals surface area contributed by atoms with E-state index in [1.807, 2.05) is 0 Å². The molecule has 0 aliphatic rings. The topological polar surface area (TPSA) is 237 Å². The molecule has 0 aromatic carbocycles. The minimum absolute atomic E-state index is 0.0839. The molecule has 0 saturated heterocycles. The zero-order chi connectivity index (χ0) is 71.6. The van der Waals surface area contributed by atoms with E-state index >= 15 is 0 Å². The van der Waals surface area contributed by atoms with Gasteiger partial charge in [0, 0.05) is 25.7 Å². The van der Waals surface area contributed by atoms with E-state index in [9.17, 15) is 43.2 Å². The molecule has 19 heteroatoms. The summed E-state index contributed by atoms with van der Waals surface area (Å²) in [5.74, 6) is 0.195. The highest BCUT2D eigenvalue weighted by Crippen LogP contribution is 2.45. The van der Waals surface area contributed by atoms with E-state index in [0.29, 0.717) is 25.7 Å². The number of aliphatic hydroxyl groups excluding tert-OH is 1. The predicted molar refractivity (Wildman–Crippen MR) is 395 cm³/mol. The molecule has 97 heavy (non-hydrogen) atoms. The first-order chi connectivity index (χ1) is 46.8. The van der Waals surface area contributed by atoms with Gasteiger partial charge in [-0.2, -0.15) is 0 Å². The standard InChI is InChI=1S/C78H148O17P2/c1-8-11-12-13-14-15-16-17-18-22-27-33-38-47-54-62-78(83)95-74(66-89-76(81)60-53-46-41-40-44-51-58-71(7)10-3)68-93-97(86,87)91-64-72(79)63-90-96(84,85)92-67-73(65-88-75(80)59-52-45-37-32-29-24-25-30-35-42-49-56-69(4)5)94-77(82)61-55-48-39-34-28-23-20-19-21-26-31-36-43-50-57-70(6)9-2/h15-18,69-74,79H,8-14,19-68H2,1-7H3,(H,84,85)(H,86,87)/b16-15-,18-17-/t70?,71?,72-,73-,74-/m1/s1. The number of phosphoric ester groups is 2. The molecular weight excluding hydrogens is 1270 g/mol. The Kier molecular flexibility index (Phi) is 66.3. The number of carbonyl (C=O) groups excluding carboxylic acids is 4. The molecule has 0 aliphatic heterocycles. The second-order valence-electron chi connectivity index (χ2n) is 28.4. The summed E-state index contributed by atoms with van der Waals surface area (Å²) in [6.45, 7) is 11.9. The van der Waals surface area contributed by atoms with E-state index in [1.165, 1.54) is 167 Å². The van der Waals surface area contributed by atoms with Gasteiger partial charge in [0.05, 0.1) is 26.4 Å². The fourth-order valence-electron chi connectivity index (χ4n) is 11.4. The third-order valence-electron chi connectivity index (χ3n) is 18.2.